The number of hydrogen-bond donors (Lipinski definition) is 1. The largest absolute Gasteiger partial charge is 0.330 e. The first kappa shape index (κ1) is 13.8. The number of pyridine rings is 1. The van der Waals surface area contributed by atoms with Crippen molar-refractivity contribution in [2.75, 3.05) is 6.54 Å². The van der Waals surface area contributed by atoms with Crippen LogP contribution in [0.2, 0.25) is 0 Å². The first-order valence-corrected chi connectivity index (χ1v) is 6.59. The van der Waals surface area contributed by atoms with Crippen molar-refractivity contribution in [3.05, 3.63) is 45.2 Å². The van der Waals surface area contributed by atoms with Crippen molar-refractivity contribution in [3.63, 3.8) is 0 Å². The monoisotopic (exact) mass is 258 g/mol. The lowest BCUT2D eigenvalue weighted by Gasteiger charge is -2.24. The summed E-state index contributed by atoms with van der Waals surface area (Å²) >= 11 is 0. The van der Waals surface area contributed by atoms with E-state index in [0.717, 1.165) is 22.0 Å². The van der Waals surface area contributed by atoms with Crippen LogP contribution in [-0.4, -0.2) is 11.1 Å². The van der Waals surface area contributed by atoms with E-state index in [0.29, 0.717) is 6.54 Å². The third kappa shape index (κ3) is 2.19. The van der Waals surface area contributed by atoms with Crippen molar-refractivity contribution in [3.8, 4) is 0 Å². The molecule has 0 aliphatic carbocycles. The van der Waals surface area contributed by atoms with Crippen molar-refractivity contribution in [1.29, 1.82) is 0 Å². The second-order valence-electron chi connectivity index (χ2n) is 6.03. The van der Waals surface area contributed by atoms with Crippen LogP contribution >= 0.6 is 0 Å². The van der Waals surface area contributed by atoms with Gasteiger partial charge in [-0.25, -0.2) is 0 Å². The smallest absolute Gasteiger partial charge is 0.254 e. The quantitative estimate of drug-likeness (QED) is 0.899. The summed E-state index contributed by atoms with van der Waals surface area (Å²) in [7, 11) is 1.84. The van der Waals surface area contributed by atoms with E-state index in [-0.39, 0.29) is 11.0 Å². The minimum absolute atomic E-state index is 0.0508. The number of hydrogen-bond acceptors (Lipinski definition) is 2. The molecule has 19 heavy (non-hydrogen) atoms. The Balaban J connectivity index is 2.92. The molecule has 0 aliphatic heterocycles. The van der Waals surface area contributed by atoms with E-state index >= 15 is 0 Å². The van der Waals surface area contributed by atoms with Crippen molar-refractivity contribution in [2.45, 2.75) is 33.1 Å². The minimum atomic E-state index is -0.305. The normalized spacial score (nSPS) is 12.1. The number of benzene rings is 1. The molecular formula is C16H22N2O. The molecule has 1 aromatic carbocycles. The fourth-order valence-electron chi connectivity index (χ4n) is 2.66. The third-order valence-corrected chi connectivity index (χ3v) is 3.88. The Hall–Kier alpha value is -1.61. The summed E-state index contributed by atoms with van der Waals surface area (Å²) in [5, 5.41) is 1.11. The van der Waals surface area contributed by atoms with Crippen LogP contribution in [0.3, 0.4) is 0 Å². The van der Waals surface area contributed by atoms with Gasteiger partial charge in [-0.3, -0.25) is 4.79 Å². The Morgan fingerprint density at radius 1 is 1.21 bits per heavy atom. The van der Waals surface area contributed by atoms with Crippen LogP contribution in [0, 0.1) is 13.8 Å². The highest BCUT2D eigenvalue weighted by Crippen LogP contribution is 2.25. The van der Waals surface area contributed by atoms with E-state index in [1.54, 1.807) is 4.57 Å². The molecule has 0 atom stereocenters. The zero-order chi connectivity index (χ0) is 14.4. The van der Waals surface area contributed by atoms with Gasteiger partial charge < -0.3 is 10.3 Å². The van der Waals surface area contributed by atoms with E-state index in [4.69, 9.17) is 5.73 Å². The Morgan fingerprint density at radius 2 is 1.84 bits per heavy atom. The van der Waals surface area contributed by atoms with Gasteiger partial charge in [-0.15, -0.1) is 0 Å². The Morgan fingerprint density at radius 3 is 2.42 bits per heavy atom. The Labute approximate surface area is 114 Å². The van der Waals surface area contributed by atoms with Gasteiger partial charge in [0.1, 0.15) is 0 Å². The highest BCUT2D eigenvalue weighted by Gasteiger charge is 2.23. The highest BCUT2D eigenvalue weighted by molar-refractivity contribution is 5.83. The maximum atomic E-state index is 12.5. The Kier molecular flexibility index (Phi) is 3.27. The Bertz CT molecular complexity index is 696. The maximum Gasteiger partial charge on any atom is 0.254 e. The lowest BCUT2D eigenvalue weighted by molar-refractivity contribution is 0.529. The minimum Gasteiger partial charge on any atom is -0.330 e. The first-order valence-electron chi connectivity index (χ1n) is 6.59. The number of fused-ring (bicyclic) bond motifs is 1. The summed E-state index contributed by atoms with van der Waals surface area (Å²) in [5.41, 5.74) is 9.69. The van der Waals surface area contributed by atoms with E-state index in [1.807, 2.05) is 33.9 Å². The van der Waals surface area contributed by atoms with Crippen LogP contribution in [0.4, 0.5) is 0 Å². The van der Waals surface area contributed by atoms with Crippen molar-refractivity contribution < 1.29 is 0 Å². The summed E-state index contributed by atoms with van der Waals surface area (Å²) in [6.45, 7) is 8.60. The molecule has 0 saturated heterocycles. The van der Waals surface area contributed by atoms with Gasteiger partial charge in [-0.2, -0.15) is 0 Å². The van der Waals surface area contributed by atoms with E-state index in [9.17, 15) is 4.79 Å². The fourth-order valence-corrected chi connectivity index (χ4v) is 2.66. The lowest BCUT2D eigenvalue weighted by atomic mass is 9.84. The number of aromatic nitrogens is 1. The molecule has 0 amide bonds. The van der Waals surface area contributed by atoms with Gasteiger partial charge in [0.15, 0.2) is 0 Å². The predicted molar refractivity (Wildman–Crippen MR) is 80.7 cm³/mol. The van der Waals surface area contributed by atoms with Crippen LogP contribution < -0.4 is 11.3 Å². The lowest BCUT2D eigenvalue weighted by Crippen LogP contribution is -2.36. The molecule has 102 valence electrons. The van der Waals surface area contributed by atoms with Crippen LogP contribution in [0.15, 0.2) is 23.0 Å². The standard InChI is InChI=1S/C16H22N2O/c1-10-6-11(2)14-12(7-10)8-13(15(19)18(14)5)16(3,4)9-17/h6-8H,9,17H2,1-5H3. The number of aryl methyl sites for hydroxylation is 3. The van der Waals surface area contributed by atoms with Crippen molar-refractivity contribution in [2.24, 2.45) is 12.8 Å². The molecule has 1 heterocycles. The van der Waals surface area contributed by atoms with Crippen LogP contribution in [-0.2, 0) is 12.5 Å². The molecule has 3 heteroatoms. The van der Waals surface area contributed by atoms with E-state index in [1.165, 1.54) is 5.56 Å². The number of nitrogens with two attached hydrogens (primary N) is 1. The SMILES string of the molecule is Cc1cc(C)c2c(c1)cc(C(C)(C)CN)c(=O)n2C. The molecule has 0 fully saturated rings. The molecule has 2 aromatic rings. The molecule has 0 aliphatic rings. The van der Waals surface area contributed by atoms with Gasteiger partial charge in [-0.1, -0.05) is 25.5 Å². The first-order chi connectivity index (χ1) is 8.77. The van der Waals surface area contributed by atoms with Gasteiger partial charge in [0, 0.05) is 24.6 Å². The summed E-state index contributed by atoms with van der Waals surface area (Å²) in [6.07, 6.45) is 0. The van der Waals surface area contributed by atoms with Crippen LogP contribution in [0.5, 0.6) is 0 Å². The molecule has 0 bridgehead atoms. The fraction of sp³-hybridized carbons (Fsp3) is 0.438. The summed E-state index contributed by atoms with van der Waals surface area (Å²) < 4.78 is 1.75. The molecule has 3 nitrogen and oxygen atoms in total. The molecular weight excluding hydrogens is 236 g/mol. The van der Waals surface area contributed by atoms with E-state index in [2.05, 4.69) is 19.1 Å². The summed E-state index contributed by atoms with van der Waals surface area (Å²) in [5.74, 6) is 0. The van der Waals surface area contributed by atoms with E-state index < -0.39 is 0 Å². The average molecular weight is 258 g/mol. The van der Waals surface area contributed by atoms with Crippen molar-refractivity contribution in [1.82, 2.24) is 4.57 Å². The van der Waals surface area contributed by atoms with Crippen molar-refractivity contribution >= 4 is 10.9 Å². The summed E-state index contributed by atoms with van der Waals surface area (Å²) in [4.78, 5) is 12.5. The van der Waals surface area contributed by atoms with Gasteiger partial charge in [0.05, 0.1) is 5.52 Å². The molecule has 0 saturated carbocycles. The average Bonchev–Trinajstić information content (AvgIpc) is 2.32. The second-order valence-corrected chi connectivity index (χ2v) is 6.03. The molecule has 0 spiro atoms. The maximum absolute atomic E-state index is 12.5. The molecule has 0 radical (unpaired) electrons. The zero-order valence-corrected chi connectivity index (χ0v) is 12.4. The van der Waals surface area contributed by atoms with Gasteiger partial charge in [-0.05, 0) is 36.9 Å². The molecule has 0 unspecified atom stereocenters. The van der Waals surface area contributed by atoms with Gasteiger partial charge >= 0.3 is 0 Å². The van der Waals surface area contributed by atoms with Crippen LogP contribution in [0.1, 0.15) is 30.5 Å². The predicted octanol–water partition coefficient (Wildman–Crippen LogP) is 2.39. The molecule has 2 N–H and O–H groups in total. The zero-order valence-electron chi connectivity index (χ0n) is 12.4. The van der Waals surface area contributed by atoms with Gasteiger partial charge in [0.2, 0.25) is 0 Å². The van der Waals surface area contributed by atoms with Gasteiger partial charge in [0.25, 0.3) is 5.56 Å². The topological polar surface area (TPSA) is 48.0 Å². The molecule has 1 aromatic heterocycles. The summed E-state index contributed by atoms with van der Waals surface area (Å²) in [6, 6.07) is 6.23. The molecule has 2 rings (SSSR count). The van der Waals surface area contributed by atoms with Crippen LogP contribution in [0.25, 0.3) is 10.9 Å². The number of rotatable bonds is 2. The highest BCUT2D eigenvalue weighted by atomic mass is 16.1. The third-order valence-electron chi connectivity index (χ3n) is 3.88. The second kappa shape index (κ2) is 4.49. The number of nitrogens with zero attached hydrogens (tertiary/aromatic N) is 1.